The molecule has 5 rings (SSSR count). The van der Waals surface area contributed by atoms with Gasteiger partial charge in [-0.3, -0.25) is 9.89 Å². The van der Waals surface area contributed by atoms with Gasteiger partial charge in [0.15, 0.2) is 5.82 Å². The first-order valence-electron chi connectivity index (χ1n) is 13.0. The number of ether oxygens (including phenoxy) is 1. The lowest BCUT2D eigenvalue weighted by Crippen LogP contribution is -2.37. The van der Waals surface area contributed by atoms with E-state index in [1.807, 2.05) is 48.5 Å². The molecule has 0 spiro atoms. The van der Waals surface area contributed by atoms with E-state index in [1.165, 1.54) is 0 Å². The number of amides is 1. The van der Waals surface area contributed by atoms with Crippen LogP contribution in [0.15, 0.2) is 66.7 Å². The first kappa shape index (κ1) is 24.8. The van der Waals surface area contributed by atoms with E-state index in [2.05, 4.69) is 33.7 Å². The summed E-state index contributed by atoms with van der Waals surface area (Å²) in [4.78, 5) is 13.5. The van der Waals surface area contributed by atoms with Crippen LogP contribution < -0.4 is 21.5 Å². The molecule has 7 heteroatoms. The number of aromatic nitrogens is 2. The molecule has 4 aromatic rings. The van der Waals surface area contributed by atoms with E-state index in [-0.39, 0.29) is 17.9 Å². The number of nitrogens with one attached hydrogen (secondary N) is 2. The Kier molecular flexibility index (Phi) is 7.42. The van der Waals surface area contributed by atoms with E-state index >= 15 is 0 Å². The topological polar surface area (TPSA) is 119 Å². The SMILES string of the molecule is COc1ccc(-c2ccc3c(N)n[nH]c3c2)cc1C(Cc1ccccc1)NC(=O)C1CCC(CN)CC1. The Bertz CT molecular complexity index is 1360. The van der Waals surface area contributed by atoms with Gasteiger partial charge in [0.25, 0.3) is 0 Å². The lowest BCUT2D eigenvalue weighted by Gasteiger charge is -2.29. The van der Waals surface area contributed by atoms with Crippen LogP contribution in [0.3, 0.4) is 0 Å². The van der Waals surface area contributed by atoms with Crippen LogP contribution in [0.5, 0.6) is 5.75 Å². The molecular formula is C30H35N5O2. The number of hydrogen-bond acceptors (Lipinski definition) is 5. The fraction of sp³-hybridized carbons (Fsp3) is 0.333. The van der Waals surface area contributed by atoms with E-state index in [0.717, 1.165) is 64.6 Å². The molecule has 0 aliphatic heterocycles. The molecule has 0 saturated heterocycles. The second-order valence-corrected chi connectivity index (χ2v) is 10.0. The number of nitrogens with zero attached hydrogens (tertiary/aromatic N) is 1. The number of benzene rings is 3. The molecule has 6 N–H and O–H groups in total. The predicted octanol–water partition coefficient (Wildman–Crippen LogP) is 4.99. The fourth-order valence-electron chi connectivity index (χ4n) is 5.45. The van der Waals surface area contributed by atoms with Crippen LogP contribution in [0, 0.1) is 11.8 Å². The highest BCUT2D eigenvalue weighted by atomic mass is 16.5. The number of anilines is 1. The highest BCUT2D eigenvalue weighted by Gasteiger charge is 2.28. The number of nitrogen functional groups attached to an aromatic ring is 1. The van der Waals surface area contributed by atoms with Crippen molar-refractivity contribution < 1.29 is 9.53 Å². The Hall–Kier alpha value is -3.84. The maximum Gasteiger partial charge on any atom is 0.223 e. The molecule has 1 amide bonds. The average molecular weight is 498 g/mol. The molecule has 1 unspecified atom stereocenters. The van der Waals surface area contributed by atoms with Gasteiger partial charge in [0.05, 0.1) is 18.7 Å². The smallest absolute Gasteiger partial charge is 0.223 e. The lowest BCUT2D eigenvalue weighted by atomic mass is 9.81. The van der Waals surface area contributed by atoms with Gasteiger partial charge in [-0.05, 0) is 85.5 Å². The number of aromatic amines is 1. The van der Waals surface area contributed by atoms with Crippen LogP contribution in [0.4, 0.5) is 5.82 Å². The summed E-state index contributed by atoms with van der Waals surface area (Å²) in [5, 5.41) is 11.4. The Labute approximate surface area is 217 Å². The van der Waals surface area contributed by atoms with E-state index < -0.39 is 0 Å². The minimum Gasteiger partial charge on any atom is -0.496 e. The van der Waals surface area contributed by atoms with Gasteiger partial charge >= 0.3 is 0 Å². The van der Waals surface area contributed by atoms with Crippen LogP contribution in [-0.2, 0) is 11.2 Å². The Morgan fingerprint density at radius 3 is 2.51 bits per heavy atom. The molecule has 7 nitrogen and oxygen atoms in total. The van der Waals surface area contributed by atoms with Crippen molar-refractivity contribution in [2.75, 3.05) is 19.4 Å². The predicted molar refractivity (Wildman–Crippen MR) is 148 cm³/mol. The van der Waals surface area contributed by atoms with Gasteiger partial charge in [-0.1, -0.05) is 42.5 Å². The zero-order valence-corrected chi connectivity index (χ0v) is 21.2. The van der Waals surface area contributed by atoms with Crippen LogP contribution in [0.1, 0.15) is 42.9 Å². The number of fused-ring (bicyclic) bond motifs is 1. The van der Waals surface area contributed by atoms with Crippen molar-refractivity contribution in [2.24, 2.45) is 17.6 Å². The van der Waals surface area contributed by atoms with Gasteiger partial charge in [-0.25, -0.2) is 0 Å². The van der Waals surface area contributed by atoms with Gasteiger partial charge in [0.2, 0.25) is 5.91 Å². The first-order chi connectivity index (χ1) is 18.1. The summed E-state index contributed by atoms with van der Waals surface area (Å²) >= 11 is 0. The zero-order chi connectivity index (χ0) is 25.8. The highest BCUT2D eigenvalue weighted by molar-refractivity contribution is 5.91. The Morgan fingerprint density at radius 2 is 1.78 bits per heavy atom. The summed E-state index contributed by atoms with van der Waals surface area (Å²) in [6.07, 6.45) is 4.46. The number of carbonyl (C=O) groups excluding carboxylic acids is 1. The Morgan fingerprint density at radius 1 is 1.05 bits per heavy atom. The molecule has 1 aliphatic rings. The Balaban J connectivity index is 1.48. The van der Waals surface area contributed by atoms with E-state index in [9.17, 15) is 4.79 Å². The molecule has 192 valence electrons. The summed E-state index contributed by atoms with van der Waals surface area (Å²) in [7, 11) is 1.67. The van der Waals surface area contributed by atoms with Crippen LogP contribution in [0.25, 0.3) is 22.0 Å². The lowest BCUT2D eigenvalue weighted by molar-refractivity contribution is -0.127. The number of methoxy groups -OCH3 is 1. The number of carbonyl (C=O) groups is 1. The highest BCUT2D eigenvalue weighted by Crippen LogP contribution is 2.35. The monoisotopic (exact) mass is 497 g/mol. The normalized spacial score (nSPS) is 18.4. The number of H-pyrrole nitrogens is 1. The first-order valence-corrected chi connectivity index (χ1v) is 13.0. The third kappa shape index (κ3) is 5.47. The molecule has 0 bridgehead atoms. The van der Waals surface area contributed by atoms with Gasteiger partial charge in [-0.2, -0.15) is 5.10 Å². The molecular weight excluding hydrogens is 462 g/mol. The maximum absolute atomic E-state index is 13.5. The molecule has 0 radical (unpaired) electrons. The summed E-state index contributed by atoms with van der Waals surface area (Å²) in [5.41, 5.74) is 16.9. The molecule has 1 fully saturated rings. The van der Waals surface area contributed by atoms with Crippen molar-refractivity contribution >= 4 is 22.6 Å². The van der Waals surface area contributed by atoms with Gasteiger partial charge in [0.1, 0.15) is 5.75 Å². The largest absolute Gasteiger partial charge is 0.496 e. The molecule has 37 heavy (non-hydrogen) atoms. The summed E-state index contributed by atoms with van der Waals surface area (Å²) in [5.74, 6) is 1.90. The van der Waals surface area contributed by atoms with Crippen molar-refractivity contribution in [1.29, 1.82) is 0 Å². The third-order valence-electron chi connectivity index (χ3n) is 7.68. The van der Waals surface area contributed by atoms with Gasteiger partial charge < -0.3 is 21.5 Å². The standard InChI is InChI=1S/C30H35N5O2/c1-37-28-14-12-22(23-11-13-24-27(17-23)34-35-29(24)32)16-25(28)26(15-19-5-3-2-4-6-19)33-30(36)21-9-7-20(18-31)8-10-21/h2-6,11-14,16-17,20-21,26H,7-10,15,18,31H2,1H3,(H,33,36)(H3,32,34,35). The second kappa shape index (κ2) is 11.0. The van der Waals surface area contributed by atoms with Crippen molar-refractivity contribution in [3.8, 4) is 16.9 Å². The molecule has 1 atom stereocenters. The van der Waals surface area contributed by atoms with E-state index in [4.69, 9.17) is 16.2 Å². The number of hydrogen-bond donors (Lipinski definition) is 4. The average Bonchev–Trinajstić information content (AvgIpc) is 3.32. The molecule has 1 saturated carbocycles. The van der Waals surface area contributed by atoms with Gasteiger partial charge in [0, 0.05) is 16.9 Å². The van der Waals surface area contributed by atoms with E-state index in [0.29, 0.717) is 24.7 Å². The quantitative estimate of drug-likeness (QED) is 0.274. The number of rotatable bonds is 8. The number of nitrogens with two attached hydrogens (primary N) is 2. The third-order valence-corrected chi connectivity index (χ3v) is 7.68. The van der Waals surface area contributed by atoms with Crippen molar-refractivity contribution in [3.05, 3.63) is 77.9 Å². The van der Waals surface area contributed by atoms with Crippen LogP contribution in [-0.4, -0.2) is 29.8 Å². The van der Waals surface area contributed by atoms with E-state index in [1.54, 1.807) is 7.11 Å². The molecule has 1 aromatic heterocycles. The second-order valence-electron chi connectivity index (χ2n) is 10.0. The zero-order valence-electron chi connectivity index (χ0n) is 21.2. The van der Waals surface area contributed by atoms with Crippen molar-refractivity contribution in [1.82, 2.24) is 15.5 Å². The van der Waals surface area contributed by atoms with Crippen LogP contribution in [0.2, 0.25) is 0 Å². The van der Waals surface area contributed by atoms with Crippen LogP contribution >= 0.6 is 0 Å². The molecule has 1 aliphatic carbocycles. The summed E-state index contributed by atoms with van der Waals surface area (Å²) in [6.45, 7) is 0.700. The van der Waals surface area contributed by atoms with Gasteiger partial charge in [-0.15, -0.1) is 0 Å². The van der Waals surface area contributed by atoms with Crippen molar-refractivity contribution in [2.45, 2.75) is 38.1 Å². The summed E-state index contributed by atoms with van der Waals surface area (Å²) < 4.78 is 5.79. The molecule has 3 aromatic carbocycles. The fourth-order valence-corrected chi connectivity index (χ4v) is 5.45. The summed E-state index contributed by atoms with van der Waals surface area (Å²) in [6, 6.07) is 22.2. The molecule has 1 heterocycles. The minimum atomic E-state index is -0.233. The van der Waals surface area contributed by atoms with Crippen molar-refractivity contribution in [3.63, 3.8) is 0 Å². The minimum absolute atomic E-state index is 0.0171. The maximum atomic E-state index is 13.5.